The second-order valence-corrected chi connectivity index (χ2v) is 5.90. The number of nitrogens with one attached hydrogen (secondary N) is 1. The van der Waals surface area contributed by atoms with E-state index in [0.29, 0.717) is 17.3 Å². The molecule has 3 rings (SSSR count). The Morgan fingerprint density at radius 2 is 2.27 bits per heavy atom. The fraction of sp³-hybridized carbons (Fsp3) is 0.385. The monoisotopic (exact) mass is 320 g/mol. The third-order valence-corrected chi connectivity index (χ3v) is 4.11. The van der Waals surface area contributed by atoms with Gasteiger partial charge in [-0.3, -0.25) is 4.68 Å². The number of anilines is 1. The molecule has 0 aliphatic carbocycles. The average molecular weight is 320 g/mol. The van der Waals surface area contributed by atoms with E-state index in [9.17, 15) is 10.1 Å². The van der Waals surface area contributed by atoms with Crippen LogP contribution in [0.3, 0.4) is 0 Å². The van der Waals surface area contributed by atoms with Gasteiger partial charge in [-0.05, 0) is 31.3 Å². The van der Waals surface area contributed by atoms with Crippen molar-refractivity contribution in [1.29, 1.82) is 0 Å². The van der Waals surface area contributed by atoms with Crippen LogP contribution in [0.25, 0.3) is 4.96 Å². The highest BCUT2D eigenvalue weighted by atomic mass is 32.1. The van der Waals surface area contributed by atoms with Crippen LogP contribution in [-0.2, 0) is 6.54 Å². The first kappa shape index (κ1) is 14.5. The van der Waals surface area contributed by atoms with Gasteiger partial charge in [0.1, 0.15) is 6.20 Å². The Hall–Kier alpha value is -2.42. The van der Waals surface area contributed by atoms with E-state index in [-0.39, 0.29) is 5.82 Å². The van der Waals surface area contributed by atoms with Crippen LogP contribution >= 0.6 is 11.3 Å². The highest BCUT2D eigenvalue weighted by molar-refractivity contribution is 7.15. The number of hydrogen-bond donors (Lipinski definition) is 1. The minimum absolute atomic E-state index is 0.0117. The molecule has 0 saturated carbocycles. The SMILES string of the molecule is Cc1cc(C)n(CCCNc2nc3sccn3c2[N+](=O)[O-])n1. The predicted molar refractivity (Wildman–Crippen MR) is 84.5 cm³/mol. The summed E-state index contributed by atoms with van der Waals surface area (Å²) < 4.78 is 3.44. The third kappa shape index (κ3) is 2.67. The molecule has 0 aliphatic heterocycles. The average Bonchev–Trinajstić information content (AvgIpc) is 3.08. The summed E-state index contributed by atoms with van der Waals surface area (Å²) in [4.78, 5) is 15.7. The number of imidazole rings is 1. The molecule has 0 aromatic carbocycles. The van der Waals surface area contributed by atoms with Gasteiger partial charge in [-0.1, -0.05) is 11.3 Å². The molecule has 0 radical (unpaired) electrons. The van der Waals surface area contributed by atoms with Gasteiger partial charge in [0.15, 0.2) is 0 Å². The first-order valence-corrected chi connectivity index (χ1v) is 7.79. The molecule has 0 bridgehead atoms. The maximum atomic E-state index is 11.2. The molecule has 116 valence electrons. The fourth-order valence-corrected chi connectivity index (χ4v) is 3.11. The molecule has 0 spiro atoms. The summed E-state index contributed by atoms with van der Waals surface area (Å²) >= 11 is 1.37. The first-order chi connectivity index (χ1) is 10.6. The van der Waals surface area contributed by atoms with E-state index in [1.807, 2.05) is 24.6 Å². The summed E-state index contributed by atoms with van der Waals surface area (Å²) in [5, 5.41) is 20.4. The van der Waals surface area contributed by atoms with Crippen LogP contribution < -0.4 is 5.32 Å². The number of nitro groups is 1. The maximum Gasteiger partial charge on any atom is 0.372 e. The Morgan fingerprint density at radius 3 is 2.95 bits per heavy atom. The van der Waals surface area contributed by atoms with E-state index < -0.39 is 4.92 Å². The summed E-state index contributed by atoms with van der Waals surface area (Å²) in [7, 11) is 0. The fourth-order valence-electron chi connectivity index (χ4n) is 2.40. The number of aromatic nitrogens is 4. The van der Waals surface area contributed by atoms with Gasteiger partial charge in [-0.2, -0.15) is 14.5 Å². The Kier molecular flexibility index (Phi) is 3.80. The van der Waals surface area contributed by atoms with Crippen LogP contribution in [0.5, 0.6) is 0 Å². The first-order valence-electron chi connectivity index (χ1n) is 6.91. The van der Waals surface area contributed by atoms with Crippen LogP contribution in [0, 0.1) is 24.0 Å². The number of thiazole rings is 1. The maximum absolute atomic E-state index is 11.2. The van der Waals surface area contributed by atoms with Crippen LogP contribution in [0.4, 0.5) is 11.6 Å². The molecule has 3 heterocycles. The topological polar surface area (TPSA) is 90.3 Å². The van der Waals surface area contributed by atoms with Crippen molar-refractivity contribution in [2.24, 2.45) is 0 Å². The lowest BCUT2D eigenvalue weighted by Crippen LogP contribution is -2.10. The van der Waals surface area contributed by atoms with Gasteiger partial charge < -0.3 is 15.4 Å². The van der Waals surface area contributed by atoms with Crippen molar-refractivity contribution in [2.75, 3.05) is 11.9 Å². The number of aryl methyl sites for hydroxylation is 3. The lowest BCUT2D eigenvalue weighted by atomic mass is 10.4. The van der Waals surface area contributed by atoms with E-state index in [0.717, 1.165) is 24.4 Å². The number of nitrogens with zero attached hydrogens (tertiary/aromatic N) is 5. The summed E-state index contributed by atoms with van der Waals surface area (Å²) in [6.07, 6.45) is 2.47. The summed E-state index contributed by atoms with van der Waals surface area (Å²) in [6, 6.07) is 2.03. The standard InChI is InChI=1S/C13H16N6O2S/c1-9-8-10(2)18(16-9)5-3-4-14-11-12(19(20)21)17-6-7-22-13(17)15-11/h6-8,14H,3-5H2,1-2H3. The van der Waals surface area contributed by atoms with Gasteiger partial charge in [0.2, 0.25) is 5.82 Å². The Balaban J connectivity index is 1.64. The molecular formula is C13H16N6O2S. The van der Waals surface area contributed by atoms with E-state index in [1.165, 1.54) is 15.7 Å². The molecule has 1 N–H and O–H groups in total. The van der Waals surface area contributed by atoms with E-state index in [4.69, 9.17) is 0 Å². The quantitative estimate of drug-likeness (QED) is 0.428. The summed E-state index contributed by atoms with van der Waals surface area (Å²) in [5.74, 6) is 0.313. The molecule has 8 nitrogen and oxygen atoms in total. The number of fused-ring (bicyclic) bond motifs is 1. The van der Waals surface area contributed by atoms with Crippen molar-refractivity contribution in [2.45, 2.75) is 26.8 Å². The lowest BCUT2D eigenvalue weighted by Gasteiger charge is -2.05. The van der Waals surface area contributed by atoms with E-state index >= 15 is 0 Å². The summed E-state index contributed by atoms with van der Waals surface area (Å²) in [6.45, 7) is 5.34. The third-order valence-electron chi connectivity index (χ3n) is 3.35. The smallest absolute Gasteiger partial charge is 0.363 e. The number of hydrogen-bond acceptors (Lipinski definition) is 6. The molecule has 0 saturated heterocycles. The van der Waals surface area contributed by atoms with Crippen molar-refractivity contribution in [1.82, 2.24) is 19.2 Å². The van der Waals surface area contributed by atoms with Crippen LogP contribution in [0.2, 0.25) is 0 Å². The van der Waals surface area contributed by atoms with Gasteiger partial charge in [-0.25, -0.2) is 0 Å². The zero-order valence-corrected chi connectivity index (χ0v) is 13.1. The van der Waals surface area contributed by atoms with E-state index in [2.05, 4.69) is 15.4 Å². The van der Waals surface area contributed by atoms with Gasteiger partial charge >= 0.3 is 5.82 Å². The van der Waals surface area contributed by atoms with Crippen LogP contribution in [0.1, 0.15) is 17.8 Å². The Bertz CT molecular complexity index is 818. The molecule has 0 atom stereocenters. The molecule has 3 aromatic heterocycles. The molecule has 9 heteroatoms. The largest absolute Gasteiger partial charge is 0.372 e. The highest BCUT2D eigenvalue weighted by Gasteiger charge is 2.22. The Morgan fingerprint density at radius 1 is 1.45 bits per heavy atom. The normalized spacial score (nSPS) is 11.2. The minimum atomic E-state index is -0.407. The van der Waals surface area contributed by atoms with E-state index in [1.54, 1.807) is 11.6 Å². The second kappa shape index (κ2) is 5.76. The molecule has 3 aromatic rings. The van der Waals surface area contributed by atoms with Crippen molar-refractivity contribution in [3.8, 4) is 0 Å². The molecule has 0 unspecified atom stereocenters. The van der Waals surface area contributed by atoms with Gasteiger partial charge in [-0.15, -0.1) is 0 Å². The highest BCUT2D eigenvalue weighted by Crippen LogP contribution is 2.27. The van der Waals surface area contributed by atoms with Crippen LogP contribution in [0.15, 0.2) is 17.6 Å². The van der Waals surface area contributed by atoms with Crippen molar-refractivity contribution >= 4 is 27.9 Å². The van der Waals surface area contributed by atoms with Crippen LogP contribution in [-0.4, -0.2) is 30.6 Å². The molecule has 0 aliphatic rings. The molecular weight excluding hydrogens is 304 g/mol. The zero-order valence-electron chi connectivity index (χ0n) is 12.3. The van der Waals surface area contributed by atoms with Crippen molar-refractivity contribution in [3.05, 3.63) is 39.1 Å². The molecule has 22 heavy (non-hydrogen) atoms. The zero-order chi connectivity index (χ0) is 15.7. The summed E-state index contributed by atoms with van der Waals surface area (Å²) in [5.41, 5.74) is 2.11. The molecule has 0 amide bonds. The lowest BCUT2D eigenvalue weighted by molar-refractivity contribution is -0.389. The van der Waals surface area contributed by atoms with Gasteiger partial charge in [0.05, 0.1) is 5.69 Å². The number of rotatable bonds is 6. The van der Waals surface area contributed by atoms with Crippen molar-refractivity contribution in [3.63, 3.8) is 0 Å². The predicted octanol–water partition coefficient (Wildman–Crippen LogP) is 2.62. The Labute approximate surface area is 130 Å². The minimum Gasteiger partial charge on any atom is -0.363 e. The van der Waals surface area contributed by atoms with Gasteiger partial charge in [0, 0.05) is 24.2 Å². The van der Waals surface area contributed by atoms with Gasteiger partial charge in [0.25, 0.3) is 4.96 Å². The van der Waals surface area contributed by atoms with Crippen molar-refractivity contribution < 1.29 is 4.92 Å². The second-order valence-electron chi connectivity index (χ2n) is 5.03. The molecule has 0 fully saturated rings.